The minimum absolute atomic E-state index is 0.0903. The molecule has 0 saturated carbocycles. The van der Waals surface area contributed by atoms with Crippen LogP contribution in [0.3, 0.4) is 0 Å². The van der Waals surface area contributed by atoms with Gasteiger partial charge in [0, 0.05) is 25.1 Å². The second-order valence-corrected chi connectivity index (χ2v) is 6.62. The van der Waals surface area contributed by atoms with E-state index in [1.165, 1.54) is 0 Å². The molecule has 6 heteroatoms. The number of methoxy groups -OCH3 is 2. The topological polar surface area (TPSA) is 40.2 Å². The van der Waals surface area contributed by atoms with E-state index >= 15 is 0 Å². The Bertz CT molecular complexity index is 683. The smallest absolute Gasteiger partial charge is 0.122 e. The van der Waals surface area contributed by atoms with E-state index in [9.17, 15) is 0 Å². The minimum Gasteiger partial charge on any atom is -0.497 e. The molecule has 2 aromatic carbocycles. The van der Waals surface area contributed by atoms with Crippen molar-refractivity contribution in [2.45, 2.75) is 18.3 Å². The molecule has 0 bridgehead atoms. The molecule has 0 aromatic heterocycles. The van der Waals surface area contributed by atoms with Gasteiger partial charge in [0.2, 0.25) is 0 Å². The second-order valence-electron chi connectivity index (χ2n) is 6.11. The predicted octanol–water partition coefficient (Wildman–Crippen LogP) is 4.44. The van der Waals surface area contributed by atoms with Crippen molar-refractivity contribution in [3.8, 4) is 23.0 Å². The molecule has 0 heterocycles. The van der Waals surface area contributed by atoms with Crippen LogP contribution in [0.25, 0.3) is 0 Å². The Morgan fingerprint density at radius 2 is 1.37 bits per heavy atom. The quantitative estimate of drug-likeness (QED) is 0.303. The Hall–Kier alpha value is -2.11. The van der Waals surface area contributed by atoms with Crippen molar-refractivity contribution in [3.63, 3.8) is 0 Å². The van der Waals surface area contributed by atoms with Gasteiger partial charge in [0.15, 0.2) is 0 Å². The molecule has 0 fully saturated rings. The first kappa shape index (κ1) is 21.2. The Balaban J connectivity index is 1.62. The number of alkyl halides is 1. The summed E-state index contributed by atoms with van der Waals surface area (Å²) < 4.78 is 21.9. The molecule has 2 rings (SSSR count). The average Bonchev–Trinajstić information content (AvgIpc) is 2.71. The van der Waals surface area contributed by atoms with Crippen molar-refractivity contribution in [1.29, 1.82) is 0 Å². The van der Waals surface area contributed by atoms with E-state index in [1.807, 2.05) is 55.6 Å². The lowest BCUT2D eigenvalue weighted by Gasteiger charge is -2.22. The molecule has 0 amide bonds. The number of ether oxygens (including phenoxy) is 4. The second kappa shape index (κ2) is 11.6. The van der Waals surface area contributed by atoms with Gasteiger partial charge in [0.1, 0.15) is 23.0 Å². The van der Waals surface area contributed by atoms with Gasteiger partial charge in [-0.1, -0.05) is 12.1 Å². The molecule has 148 valence electrons. The predicted molar refractivity (Wildman–Crippen MR) is 108 cm³/mol. The van der Waals surface area contributed by atoms with Crippen LogP contribution in [0.1, 0.15) is 12.8 Å². The third-order valence-corrected chi connectivity index (χ3v) is 4.66. The summed E-state index contributed by atoms with van der Waals surface area (Å²) in [5.41, 5.74) is -0.0903. The lowest BCUT2D eigenvalue weighted by Crippen LogP contribution is -2.30. The fourth-order valence-electron chi connectivity index (χ4n) is 2.52. The lowest BCUT2D eigenvalue weighted by atomic mass is 10.3. The van der Waals surface area contributed by atoms with Crippen molar-refractivity contribution in [2.24, 2.45) is 0 Å². The first-order chi connectivity index (χ1) is 13.1. The third kappa shape index (κ3) is 7.57. The Morgan fingerprint density at radius 1 is 0.852 bits per heavy atom. The molecule has 0 aliphatic carbocycles. The number of benzene rings is 2. The summed E-state index contributed by atoms with van der Waals surface area (Å²) >= 11 is 6.46. The number of nitrogens with zero attached hydrogens (tertiary/aromatic N) is 1. The van der Waals surface area contributed by atoms with Crippen LogP contribution in [0.2, 0.25) is 0 Å². The van der Waals surface area contributed by atoms with Crippen LogP contribution in [0.4, 0.5) is 0 Å². The fourth-order valence-corrected chi connectivity index (χ4v) is 2.71. The highest BCUT2D eigenvalue weighted by atomic mass is 35.5. The molecule has 0 spiro atoms. The standard InChI is InChI=1S/C21H28ClNO4/c1-23(12-6-13-26-19-9-4-7-17(15-19)24-2)21(22)11-14-27-20-10-5-8-18(16-20)25-3/h4-5,7-10,15-16,21H,6,11-14H2,1-3H3. The van der Waals surface area contributed by atoms with E-state index in [2.05, 4.69) is 4.90 Å². The van der Waals surface area contributed by atoms with Crippen LogP contribution in [0.15, 0.2) is 48.5 Å². The largest absolute Gasteiger partial charge is 0.497 e. The number of hydrogen-bond donors (Lipinski definition) is 0. The highest BCUT2D eigenvalue weighted by Crippen LogP contribution is 2.20. The van der Waals surface area contributed by atoms with Gasteiger partial charge in [-0.3, -0.25) is 4.90 Å². The molecule has 2 aromatic rings. The van der Waals surface area contributed by atoms with E-state index in [0.717, 1.165) is 42.4 Å². The Morgan fingerprint density at radius 3 is 1.93 bits per heavy atom. The van der Waals surface area contributed by atoms with E-state index < -0.39 is 0 Å². The fraction of sp³-hybridized carbons (Fsp3) is 0.429. The van der Waals surface area contributed by atoms with Gasteiger partial charge >= 0.3 is 0 Å². The van der Waals surface area contributed by atoms with Crippen LogP contribution in [0, 0.1) is 0 Å². The Labute approximate surface area is 166 Å². The molecule has 0 saturated heterocycles. The molecule has 0 aliphatic rings. The number of halogens is 1. The summed E-state index contributed by atoms with van der Waals surface area (Å²) in [6.07, 6.45) is 1.61. The minimum atomic E-state index is -0.0903. The molecule has 1 unspecified atom stereocenters. The highest BCUT2D eigenvalue weighted by Gasteiger charge is 2.11. The summed E-state index contributed by atoms with van der Waals surface area (Å²) in [6, 6.07) is 15.2. The molecule has 0 radical (unpaired) electrons. The van der Waals surface area contributed by atoms with Crippen LogP contribution in [-0.4, -0.2) is 51.4 Å². The van der Waals surface area contributed by atoms with Crippen LogP contribution < -0.4 is 18.9 Å². The highest BCUT2D eigenvalue weighted by molar-refractivity contribution is 6.20. The van der Waals surface area contributed by atoms with Crippen LogP contribution in [0.5, 0.6) is 23.0 Å². The Kier molecular flexibility index (Phi) is 9.08. The maximum atomic E-state index is 6.46. The van der Waals surface area contributed by atoms with E-state index in [1.54, 1.807) is 14.2 Å². The van der Waals surface area contributed by atoms with Gasteiger partial charge in [-0.15, -0.1) is 11.6 Å². The average molecular weight is 394 g/mol. The summed E-state index contributed by atoms with van der Waals surface area (Å²) in [4.78, 5) is 2.10. The molecule has 27 heavy (non-hydrogen) atoms. The van der Waals surface area contributed by atoms with E-state index in [4.69, 9.17) is 30.5 Å². The summed E-state index contributed by atoms with van der Waals surface area (Å²) in [7, 11) is 5.29. The first-order valence-electron chi connectivity index (χ1n) is 9.00. The number of rotatable bonds is 12. The van der Waals surface area contributed by atoms with Gasteiger partial charge < -0.3 is 18.9 Å². The third-order valence-electron chi connectivity index (χ3n) is 4.11. The van der Waals surface area contributed by atoms with Crippen molar-refractivity contribution in [1.82, 2.24) is 4.90 Å². The summed E-state index contributed by atoms with van der Waals surface area (Å²) in [5.74, 6) is 3.17. The zero-order valence-corrected chi connectivity index (χ0v) is 16.9. The molecule has 0 aliphatic heterocycles. The van der Waals surface area contributed by atoms with E-state index in [0.29, 0.717) is 13.2 Å². The SMILES string of the molecule is COc1cccc(OCCCN(C)C(Cl)CCOc2cccc(OC)c2)c1. The number of hydrogen-bond acceptors (Lipinski definition) is 5. The van der Waals surface area contributed by atoms with Crippen molar-refractivity contribution < 1.29 is 18.9 Å². The molecule has 5 nitrogen and oxygen atoms in total. The van der Waals surface area contributed by atoms with Crippen molar-refractivity contribution in [3.05, 3.63) is 48.5 Å². The molecule has 1 atom stereocenters. The van der Waals surface area contributed by atoms with Gasteiger partial charge in [-0.05, 0) is 37.7 Å². The zero-order chi connectivity index (χ0) is 19.5. The van der Waals surface area contributed by atoms with Gasteiger partial charge in [0.25, 0.3) is 0 Å². The maximum absolute atomic E-state index is 6.46. The molecule has 0 N–H and O–H groups in total. The summed E-state index contributed by atoms with van der Waals surface area (Å²) in [5, 5.41) is 0. The normalized spacial score (nSPS) is 11.9. The van der Waals surface area contributed by atoms with Crippen LogP contribution in [-0.2, 0) is 0 Å². The lowest BCUT2D eigenvalue weighted by molar-refractivity contribution is 0.222. The zero-order valence-electron chi connectivity index (χ0n) is 16.2. The van der Waals surface area contributed by atoms with Crippen LogP contribution >= 0.6 is 11.6 Å². The van der Waals surface area contributed by atoms with Crippen molar-refractivity contribution >= 4 is 11.6 Å². The van der Waals surface area contributed by atoms with Gasteiger partial charge in [-0.25, -0.2) is 0 Å². The maximum Gasteiger partial charge on any atom is 0.122 e. The van der Waals surface area contributed by atoms with Crippen molar-refractivity contribution in [2.75, 3.05) is 41.0 Å². The summed E-state index contributed by atoms with van der Waals surface area (Å²) in [6.45, 7) is 2.02. The molecular weight excluding hydrogens is 366 g/mol. The first-order valence-corrected chi connectivity index (χ1v) is 9.44. The monoisotopic (exact) mass is 393 g/mol. The van der Waals surface area contributed by atoms with Gasteiger partial charge in [0.05, 0.1) is 32.9 Å². The molecular formula is C21H28ClNO4. The van der Waals surface area contributed by atoms with E-state index in [-0.39, 0.29) is 5.50 Å². The van der Waals surface area contributed by atoms with Gasteiger partial charge in [-0.2, -0.15) is 0 Å².